The van der Waals surface area contributed by atoms with Gasteiger partial charge in [-0.2, -0.15) is 0 Å². The van der Waals surface area contributed by atoms with Crippen LogP contribution in [0.2, 0.25) is 0 Å². The molecule has 1 aromatic rings. The maximum Gasteiger partial charge on any atom is 0.120 e. The first-order valence-corrected chi connectivity index (χ1v) is 6.88. The summed E-state index contributed by atoms with van der Waals surface area (Å²) < 4.78 is 5.28. The average Bonchev–Trinajstić information content (AvgIpc) is 3.00. The van der Waals surface area contributed by atoms with Crippen LogP contribution in [0.1, 0.15) is 25.7 Å². The molecule has 18 heavy (non-hydrogen) atoms. The summed E-state index contributed by atoms with van der Waals surface area (Å²) in [6.07, 6.45) is 5.31. The van der Waals surface area contributed by atoms with E-state index in [2.05, 4.69) is 17.4 Å². The van der Waals surface area contributed by atoms with Gasteiger partial charge >= 0.3 is 0 Å². The third-order valence-electron chi connectivity index (χ3n) is 4.80. The Kier molecular flexibility index (Phi) is 2.94. The minimum Gasteiger partial charge on any atom is -0.497 e. The molecule has 1 aromatic carbocycles. The predicted molar refractivity (Wildman–Crippen MR) is 73.9 cm³/mol. The van der Waals surface area contributed by atoms with Crippen LogP contribution in [0.15, 0.2) is 24.3 Å². The maximum atomic E-state index is 6.08. The zero-order chi connectivity index (χ0) is 12.6. The molecule has 0 saturated heterocycles. The van der Waals surface area contributed by atoms with Crippen LogP contribution in [0, 0.1) is 11.8 Å². The van der Waals surface area contributed by atoms with Crippen molar-refractivity contribution in [3.8, 4) is 5.75 Å². The largest absolute Gasteiger partial charge is 0.497 e. The topological polar surface area (TPSA) is 47.3 Å². The number of anilines is 1. The van der Waals surface area contributed by atoms with Gasteiger partial charge in [0.05, 0.1) is 12.6 Å². The molecule has 3 unspecified atom stereocenters. The molecule has 0 aromatic heterocycles. The number of methoxy groups -OCH3 is 1. The number of fused-ring (bicyclic) bond motifs is 2. The lowest BCUT2D eigenvalue weighted by Gasteiger charge is -2.38. The van der Waals surface area contributed by atoms with E-state index in [1.54, 1.807) is 7.11 Å². The Balaban J connectivity index is 1.81. The zero-order valence-electron chi connectivity index (χ0n) is 11.0. The molecule has 0 amide bonds. The van der Waals surface area contributed by atoms with Crippen LogP contribution in [0.4, 0.5) is 5.69 Å². The Labute approximate surface area is 109 Å². The van der Waals surface area contributed by atoms with Crippen LogP contribution >= 0.6 is 0 Å². The van der Waals surface area contributed by atoms with E-state index in [1.165, 1.54) is 25.7 Å². The van der Waals surface area contributed by atoms with Gasteiger partial charge in [0.1, 0.15) is 5.75 Å². The monoisotopic (exact) mass is 246 g/mol. The lowest BCUT2D eigenvalue weighted by molar-refractivity contribution is 0.306. The summed E-state index contributed by atoms with van der Waals surface area (Å²) in [7, 11) is 1.70. The van der Waals surface area contributed by atoms with Crippen molar-refractivity contribution >= 4 is 5.69 Å². The fraction of sp³-hybridized carbons (Fsp3) is 0.600. The molecule has 2 aliphatic carbocycles. The minimum atomic E-state index is 0.120. The van der Waals surface area contributed by atoms with Gasteiger partial charge in [0.25, 0.3) is 0 Å². The molecule has 3 rings (SSSR count). The van der Waals surface area contributed by atoms with Crippen molar-refractivity contribution in [2.75, 3.05) is 19.0 Å². The second kappa shape index (κ2) is 4.47. The molecular weight excluding hydrogens is 224 g/mol. The van der Waals surface area contributed by atoms with Crippen molar-refractivity contribution in [3.63, 3.8) is 0 Å². The summed E-state index contributed by atoms with van der Waals surface area (Å²) in [5.74, 6) is 2.53. The van der Waals surface area contributed by atoms with Gasteiger partial charge in [0.15, 0.2) is 0 Å². The smallest absolute Gasteiger partial charge is 0.120 e. The molecule has 98 valence electrons. The summed E-state index contributed by atoms with van der Waals surface area (Å²) in [5, 5.41) is 3.71. The predicted octanol–water partition coefficient (Wildman–Crippen LogP) is 2.62. The van der Waals surface area contributed by atoms with Gasteiger partial charge < -0.3 is 15.8 Å². The van der Waals surface area contributed by atoms with Gasteiger partial charge in [0.2, 0.25) is 0 Å². The minimum absolute atomic E-state index is 0.120. The highest BCUT2D eigenvalue weighted by molar-refractivity contribution is 5.51. The standard InChI is InChI=1S/C15H22N2O/c1-18-14-4-2-3-13(8-14)17-15(10-16)9-11-5-6-12(15)7-11/h2-4,8,11-12,17H,5-7,9-10,16H2,1H3. The van der Waals surface area contributed by atoms with E-state index in [-0.39, 0.29) is 5.54 Å². The van der Waals surface area contributed by atoms with E-state index < -0.39 is 0 Å². The fourth-order valence-corrected chi connectivity index (χ4v) is 3.89. The van der Waals surface area contributed by atoms with Gasteiger partial charge in [-0.25, -0.2) is 0 Å². The van der Waals surface area contributed by atoms with Gasteiger partial charge in [-0.1, -0.05) is 6.07 Å². The number of hydrogen-bond acceptors (Lipinski definition) is 3. The number of hydrogen-bond donors (Lipinski definition) is 2. The first-order chi connectivity index (χ1) is 8.75. The van der Waals surface area contributed by atoms with Crippen LogP contribution in [0.3, 0.4) is 0 Å². The number of benzene rings is 1. The number of rotatable bonds is 4. The third-order valence-corrected chi connectivity index (χ3v) is 4.80. The highest BCUT2D eigenvalue weighted by atomic mass is 16.5. The van der Waals surface area contributed by atoms with Crippen LogP contribution in [0.5, 0.6) is 5.75 Å². The van der Waals surface area contributed by atoms with Gasteiger partial charge in [-0.05, 0) is 49.7 Å². The van der Waals surface area contributed by atoms with E-state index in [4.69, 9.17) is 10.5 Å². The summed E-state index contributed by atoms with van der Waals surface area (Å²) in [6.45, 7) is 0.728. The van der Waals surface area contributed by atoms with Crippen molar-refractivity contribution in [1.29, 1.82) is 0 Å². The molecular formula is C15H22N2O. The van der Waals surface area contributed by atoms with E-state index in [0.717, 1.165) is 29.8 Å². The molecule has 0 spiro atoms. The van der Waals surface area contributed by atoms with Crippen molar-refractivity contribution in [2.24, 2.45) is 17.6 Å². The normalized spacial score (nSPS) is 33.7. The zero-order valence-corrected chi connectivity index (χ0v) is 11.0. The van der Waals surface area contributed by atoms with Crippen LogP contribution in [-0.4, -0.2) is 19.2 Å². The second-order valence-corrected chi connectivity index (χ2v) is 5.80. The molecule has 2 bridgehead atoms. The number of ether oxygens (including phenoxy) is 1. The molecule has 2 aliphatic rings. The van der Waals surface area contributed by atoms with Gasteiger partial charge in [0, 0.05) is 18.3 Å². The molecule has 0 heterocycles. The van der Waals surface area contributed by atoms with Crippen LogP contribution in [0.25, 0.3) is 0 Å². The second-order valence-electron chi connectivity index (χ2n) is 5.80. The lowest BCUT2D eigenvalue weighted by atomic mass is 9.80. The van der Waals surface area contributed by atoms with Gasteiger partial charge in [-0.3, -0.25) is 0 Å². The SMILES string of the molecule is COc1cccc(NC2(CN)CC3CCC2C3)c1. The highest BCUT2D eigenvalue weighted by Crippen LogP contribution is 2.51. The van der Waals surface area contributed by atoms with Crippen molar-refractivity contribution < 1.29 is 4.74 Å². The highest BCUT2D eigenvalue weighted by Gasteiger charge is 2.50. The first-order valence-electron chi connectivity index (χ1n) is 6.88. The van der Waals surface area contributed by atoms with Crippen LogP contribution < -0.4 is 15.8 Å². The molecule has 0 radical (unpaired) electrons. The Hall–Kier alpha value is -1.22. The van der Waals surface area contributed by atoms with E-state index >= 15 is 0 Å². The first kappa shape index (κ1) is 11.8. The molecule has 2 saturated carbocycles. The summed E-state index contributed by atoms with van der Waals surface area (Å²) in [4.78, 5) is 0. The summed E-state index contributed by atoms with van der Waals surface area (Å²) in [6, 6.07) is 8.16. The lowest BCUT2D eigenvalue weighted by Crippen LogP contribution is -2.49. The Morgan fingerprint density at radius 2 is 2.33 bits per heavy atom. The molecule has 3 nitrogen and oxygen atoms in total. The fourth-order valence-electron chi connectivity index (χ4n) is 3.89. The molecule has 2 fully saturated rings. The third kappa shape index (κ3) is 1.87. The quantitative estimate of drug-likeness (QED) is 0.858. The Morgan fingerprint density at radius 1 is 1.44 bits per heavy atom. The number of nitrogens with two attached hydrogens (primary N) is 1. The summed E-state index contributed by atoms with van der Waals surface area (Å²) >= 11 is 0. The molecule has 0 aliphatic heterocycles. The van der Waals surface area contributed by atoms with E-state index in [0.29, 0.717) is 0 Å². The van der Waals surface area contributed by atoms with E-state index in [1.807, 2.05) is 12.1 Å². The number of nitrogens with one attached hydrogen (secondary N) is 1. The van der Waals surface area contributed by atoms with Crippen molar-refractivity contribution in [1.82, 2.24) is 0 Å². The van der Waals surface area contributed by atoms with Crippen molar-refractivity contribution in [3.05, 3.63) is 24.3 Å². The average molecular weight is 246 g/mol. The van der Waals surface area contributed by atoms with Gasteiger partial charge in [-0.15, -0.1) is 0 Å². The Bertz CT molecular complexity index is 434. The van der Waals surface area contributed by atoms with Crippen molar-refractivity contribution in [2.45, 2.75) is 31.2 Å². The van der Waals surface area contributed by atoms with Crippen LogP contribution in [-0.2, 0) is 0 Å². The summed E-state index contributed by atoms with van der Waals surface area (Å²) in [5.41, 5.74) is 7.33. The molecule has 3 N–H and O–H groups in total. The molecule has 3 atom stereocenters. The Morgan fingerprint density at radius 3 is 2.94 bits per heavy atom. The van der Waals surface area contributed by atoms with E-state index in [9.17, 15) is 0 Å². The maximum absolute atomic E-state index is 6.08. The molecule has 3 heteroatoms.